The Kier molecular flexibility index (Phi) is 4.34. The number of nitrogens with one attached hydrogen (secondary N) is 1. The van der Waals surface area contributed by atoms with Gasteiger partial charge in [0, 0.05) is 15.7 Å². The first-order valence-corrected chi connectivity index (χ1v) is 5.39. The summed E-state index contributed by atoms with van der Waals surface area (Å²) >= 11 is 2.15. The first-order chi connectivity index (χ1) is 6.59. The van der Waals surface area contributed by atoms with Gasteiger partial charge in [-0.1, -0.05) is 6.07 Å². The number of amides is 1. The fraction of sp³-hybridized carbons (Fsp3) is 0.300. The molecule has 1 rings (SSSR count). The van der Waals surface area contributed by atoms with E-state index in [2.05, 4.69) is 27.9 Å². The molecule has 0 aliphatic heterocycles. The normalized spacial score (nSPS) is 12.2. The van der Waals surface area contributed by atoms with Crippen molar-refractivity contribution in [1.82, 2.24) is 5.32 Å². The van der Waals surface area contributed by atoms with Crippen LogP contribution in [0.3, 0.4) is 0 Å². The second kappa shape index (κ2) is 5.31. The fourth-order valence-corrected chi connectivity index (χ4v) is 1.52. The van der Waals surface area contributed by atoms with E-state index in [0.29, 0.717) is 5.56 Å². The van der Waals surface area contributed by atoms with E-state index in [4.69, 9.17) is 5.11 Å². The quantitative estimate of drug-likeness (QED) is 0.830. The number of hydrogen-bond donors (Lipinski definition) is 2. The summed E-state index contributed by atoms with van der Waals surface area (Å²) < 4.78 is 1.02. The Bertz CT molecular complexity index is 326. The molecular formula is C10H12INO2. The van der Waals surface area contributed by atoms with Crippen LogP contribution in [-0.4, -0.2) is 23.7 Å². The SMILES string of the molecule is C[C@@H](O)CNC(=O)c1cccc(I)c1. The van der Waals surface area contributed by atoms with Crippen molar-refractivity contribution in [1.29, 1.82) is 0 Å². The summed E-state index contributed by atoms with van der Waals surface area (Å²) in [6.07, 6.45) is -0.512. The molecule has 1 aromatic carbocycles. The molecule has 0 fully saturated rings. The second-order valence-electron chi connectivity index (χ2n) is 3.07. The lowest BCUT2D eigenvalue weighted by Crippen LogP contribution is -2.30. The van der Waals surface area contributed by atoms with Crippen LogP contribution in [0.2, 0.25) is 0 Å². The number of aliphatic hydroxyl groups is 1. The van der Waals surface area contributed by atoms with Crippen LogP contribution in [0.1, 0.15) is 17.3 Å². The van der Waals surface area contributed by atoms with Gasteiger partial charge >= 0.3 is 0 Å². The van der Waals surface area contributed by atoms with Crippen LogP contribution in [0.15, 0.2) is 24.3 Å². The average molecular weight is 305 g/mol. The highest BCUT2D eigenvalue weighted by Crippen LogP contribution is 2.07. The number of carbonyl (C=O) groups is 1. The number of halogens is 1. The van der Waals surface area contributed by atoms with Gasteiger partial charge in [-0.05, 0) is 47.7 Å². The van der Waals surface area contributed by atoms with Gasteiger partial charge in [0.1, 0.15) is 0 Å². The number of rotatable bonds is 3. The Hall–Kier alpha value is -0.620. The molecule has 0 spiro atoms. The molecule has 76 valence electrons. The minimum atomic E-state index is -0.512. The van der Waals surface area contributed by atoms with Gasteiger partial charge < -0.3 is 10.4 Å². The van der Waals surface area contributed by atoms with Gasteiger partial charge in [0.25, 0.3) is 5.91 Å². The predicted molar refractivity (Wildman–Crippen MR) is 63.2 cm³/mol. The summed E-state index contributed by atoms with van der Waals surface area (Å²) in [6, 6.07) is 7.31. The van der Waals surface area contributed by atoms with Crippen molar-refractivity contribution in [3.8, 4) is 0 Å². The van der Waals surface area contributed by atoms with Crippen LogP contribution in [0.5, 0.6) is 0 Å². The number of hydrogen-bond acceptors (Lipinski definition) is 2. The van der Waals surface area contributed by atoms with Gasteiger partial charge in [-0.3, -0.25) is 4.79 Å². The smallest absolute Gasteiger partial charge is 0.251 e. The minimum absolute atomic E-state index is 0.149. The summed E-state index contributed by atoms with van der Waals surface area (Å²) in [4.78, 5) is 11.5. The van der Waals surface area contributed by atoms with Crippen LogP contribution in [0, 0.1) is 3.57 Å². The summed E-state index contributed by atoms with van der Waals surface area (Å²) in [5.41, 5.74) is 0.623. The molecule has 0 heterocycles. The molecule has 0 radical (unpaired) electrons. The van der Waals surface area contributed by atoms with E-state index in [9.17, 15) is 4.79 Å². The topological polar surface area (TPSA) is 49.3 Å². The lowest BCUT2D eigenvalue weighted by Gasteiger charge is -2.06. The van der Waals surface area contributed by atoms with E-state index >= 15 is 0 Å². The van der Waals surface area contributed by atoms with E-state index in [0.717, 1.165) is 3.57 Å². The molecule has 14 heavy (non-hydrogen) atoms. The van der Waals surface area contributed by atoms with Crippen LogP contribution in [-0.2, 0) is 0 Å². The zero-order valence-corrected chi connectivity index (χ0v) is 9.98. The van der Waals surface area contributed by atoms with Crippen LogP contribution >= 0.6 is 22.6 Å². The zero-order chi connectivity index (χ0) is 10.6. The summed E-state index contributed by atoms with van der Waals surface area (Å²) in [5.74, 6) is -0.149. The van der Waals surface area contributed by atoms with Gasteiger partial charge in [-0.25, -0.2) is 0 Å². The van der Waals surface area contributed by atoms with Crippen molar-refractivity contribution in [2.45, 2.75) is 13.0 Å². The lowest BCUT2D eigenvalue weighted by molar-refractivity contribution is 0.0924. The Balaban J connectivity index is 2.61. The van der Waals surface area contributed by atoms with E-state index in [1.165, 1.54) is 0 Å². The Morgan fingerprint density at radius 3 is 2.93 bits per heavy atom. The first kappa shape index (κ1) is 11.5. The third-order valence-corrected chi connectivity index (χ3v) is 2.32. The molecule has 0 saturated heterocycles. The largest absolute Gasteiger partial charge is 0.392 e. The lowest BCUT2D eigenvalue weighted by atomic mass is 10.2. The highest BCUT2D eigenvalue weighted by atomic mass is 127. The summed E-state index contributed by atoms with van der Waals surface area (Å²) in [6.45, 7) is 1.92. The van der Waals surface area contributed by atoms with Gasteiger partial charge in [0.15, 0.2) is 0 Å². The molecule has 0 saturated carbocycles. The monoisotopic (exact) mass is 305 g/mol. The highest BCUT2D eigenvalue weighted by molar-refractivity contribution is 14.1. The molecule has 0 unspecified atom stereocenters. The average Bonchev–Trinajstić information content (AvgIpc) is 2.14. The fourth-order valence-electron chi connectivity index (χ4n) is 0.972. The van der Waals surface area contributed by atoms with Crippen molar-refractivity contribution in [3.05, 3.63) is 33.4 Å². The third kappa shape index (κ3) is 3.63. The Morgan fingerprint density at radius 1 is 1.64 bits per heavy atom. The van der Waals surface area contributed by atoms with Crippen molar-refractivity contribution >= 4 is 28.5 Å². The number of aliphatic hydroxyl groups excluding tert-OH is 1. The van der Waals surface area contributed by atoms with Crippen molar-refractivity contribution in [2.75, 3.05) is 6.54 Å². The molecule has 1 atom stereocenters. The molecule has 0 aromatic heterocycles. The van der Waals surface area contributed by atoms with E-state index in [1.807, 2.05) is 12.1 Å². The third-order valence-electron chi connectivity index (χ3n) is 1.64. The minimum Gasteiger partial charge on any atom is -0.392 e. The van der Waals surface area contributed by atoms with Crippen molar-refractivity contribution < 1.29 is 9.90 Å². The maximum absolute atomic E-state index is 11.5. The molecule has 3 nitrogen and oxygen atoms in total. The number of benzene rings is 1. The van der Waals surface area contributed by atoms with Crippen LogP contribution < -0.4 is 5.32 Å². The second-order valence-corrected chi connectivity index (χ2v) is 4.32. The number of carbonyl (C=O) groups excluding carboxylic acids is 1. The standard InChI is InChI=1S/C10H12INO2/c1-7(13)6-12-10(14)8-3-2-4-9(11)5-8/h2-5,7,13H,6H2,1H3,(H,12,14)/t7-/m1/s1. The molecule has 1 aromatic rings. The maximum Gasteiger partial charge on any atom is 0.251 e. The molecule has 0 aliphatic carbocycles. The molecule has 4 heteroatoms. The van der Waals surface area contributed by atoms with Gasteiger partial charge in [0.05, 0.1) is 6.10 Å². The molecule has 0 aliphatic rings. The predicted octanol–water partition coefficient (Wildman–Crippen LogP) is 1.40. The van der Waals surface area contributed by atoms with Gasteiger partial charge in [-0.2, -0.15) is 0 Å². The van der Waals surface area contributed by atoms with Crippen molar-refractivity contribution in [3.63, 3.8) is 0 Å². The van der Waals surface area contributed by atoms with Crippen molar-refractivity contribution in [2.24, 2.45) is 0 Å². The summed E-state index contributed by atoms with van der Waals surface area (Å²) in [5, 5.41) is 11.6. The molecule has 1 amide bonds. The molecular weight excluding hydrogens is 293 g/mol. The van der Waals surface area contributed by atoms with Crippen LogP contribution in [0.4, 0.5) is 0 Å². The summed E-state index contributed by atoms with van der Waals surface area (Å²) in [7, 11) is 0. The van der Waals surface area contributed by atoms with Crippen LogP contribution in [0.25, 0.3) is 0 Å². The highest BCUT2D eigenvalue weighted by Gasteiger charge is 2.05. The molecule has 0 bridgehead atoms. The van der Waals surface area contributed by atoms with E-state index in [1.54, 1.807) is 19.1 Å². The maximum atomic E-state index is 11.5. The van der Waals surface area contributed by atoms with Gasteiger partial charge in [0.2, 0.25) is 0 Å². The van der Waals surface area contributed by atoms with E-state index < -0.39 is 6.10 Å². The zero-order valence-electron chi connectivity index (χ0n) is 7.83. The Morgan fingerprint density at radius 2 is 2.36 bits per heavy atom. The first-order valence-electron chi connectivity index (χ1n) is 4.31. The van der Waals surface area contributed by atoms with Gasteiger partial charge in [-0.15, -0.1) is 0 Å². The Labute approximate surface area is 96.7 Å². The molecule has 2 N–H and O–H groups in total. The van der Waals surface area contributed by atoms with E-state index in [-0.39, 0.29) is 12.5 Å².